The number of aryl methyl sites for hydroxylation is 3. The number of carbonyl (C=O) groups excluding carboxylic acids is 1. The molecular weight excluding hydrogens is 464 g/mol. The minimum absolute atomic E-state index is 0.0497. The lowest BCUT2D eigenvalue weighted by atomic mass is 9.97. The molecule has 3 heterocycles. The molecule has 0 spiro atoms. The van der Waals surface area contributed by atoms with Crippen LogP contribution in [0, 0.1) is 26.7 Å². The van der Waals surface area contributed by atoms with Crippen LogP contribution in [0.1, 0.15) is 42.3 Å². The fraction of sp³-hybridized carbons (Fsp3) is 0.379. The molecule has 0 radical (unpaired) electrons. The highest BCUT2D eigenvalue weighted by molar-refractivity contribution is 5.92. The second kappa shape index (κ2) is 10.6. The van der Waals surface area contributed by atoms with E-state index in [1.165, 1.54) is 5.56 Å². The van der Waals surface area contributed by atoms with Crippen LogP contribution in [0.2, 0.25) is 0 Å². The maximum atomic E-state index is 13.2. The topological polar surface area (TPSA) is 85.2 Å². The van der Waals surface area contributed by atoms with E-state index in [2.05, 4.69) is 58.5 Å². The van der Waals surface area contributed by atoms with Gasteiger partial charge in [-0.1, -0.05) is 35.9 Å². The van der Waals surface area contributed by atoms with E-state index in [-0.39, 0.29) is 11.8 Å². The zero-order valence-electron chi connectivity index (χ0n) is 22.0. The Kier molecular flexibility index (Phi) is 7.08. The number of nitrogens with zero attached hydrogens (tertiary/aromatic N) is 5. The van der Waals surface area contributed by atoms with Crippen molar-refractivity contribution in [2.75, 3.05) is 24.6 Å². The third kappa shape index (κ3) is 5.01. The molecule has 1 atom stereocenters. The molecule has 2 aromatic carbocycles. The number of fused-ring (bicyclic) bond motifs is 1. The van der Waals surface area contributed by atoms with Crippen molar-refractivity contribution < 1.29 is 9.53 Å². The summed E-state index contributed by atoms with van der Waals surface area (Å²) in [5, 5.41) is 18.2. The second-order valence-electron chi connectivity index (χ2n) is 9.71. The average Bonchev–Trinajstić information content (AvgIpc) is 3.26. The van der Waals surface area contributed by atoms with Crippen LogP contribution in [-0.2, 0) is 11.3 Å². The number of hydrogen-bond acceptors (Lipinski definition) is 6. The quantitative estimate of drug-likeness (QED) is 0.399. The van der Waals surface area contributed by atoms with Gasteiger partial charge in [0.2, 0.25) is 5.91 Å². The summed E-state index contributed by atoms with van der Waals surface area (Å²) in [6, 6.07) is 16.2. The van der Waals surface area contributed by atoms with Gasteiger partial charge in [-0.25, -0.2) is 4.68 Å². The van der Waals surface area contributed by atoms with E-state index >= 15 is 0 Å². The van der Waals surface area contributed by atoms with Gasteiger partial charge < -0.3 is 15.0 Å². The highest BCUT2D eigenvalue weighted by atomic mass is 16.5. The van der Waals surface area contributed by atoms with Crippen LogP contribution in [-0.4, -0.2) is 45.6 Å². The Morgan fingerprint density at radius 1 is 1.08 bits per heavy atom. The molecule has 5 rings (SSSR count). The van der Waals surface area contributed by atoms with Crippen LogP contribution >= 0.6 is 0 Å². The number of hydrogen-bond donors (Lipinski definition) is 1. The van der Waals surface area contributed by atoms with Gasteiger partial charge in [0.05, 0.1) is 35.0 Å². The molecule has 8 nitrogen and oxygen atoms in total. The molecule has 1 amide bonds. The van der Waals surface area contributed by atoms with E-state index in [1.807, 2.05) is 42.8 Å². The molecule has 192 valence electrons. The van der Waals surface area contributed by atoms with E-state index in [1.54, 1.807) is 0 Å². The lowest BCUT2D eigenvalue weighted by Crippen LogP contribution is -2.43. The van der Waals surface area contributed by atoms with Gasteiger partial charge in [-0.3, -0.25) is 4.79 Å². The van der Waals surface area contributed by atoms with Gasteiger partial charge in [-0.2, -0.15) is 10.2 Å². The van der Waals surface area contributed by atoms with Crippen molar-refractivity contribution in [3.8, 4) is 11.4 Å². The standard InChI is InChI=1S/C29H34N6O2/c1-5-37-25-11-7-6-9-22(25)17-30-29(36)23-10-8-16-34(18-23)28-27-26(20(3)31-32-28)21(4)35(33-27)24-14-12-19(2)13-15-24/h6-7,9,11-15,23H,5,8,10,16-18H2,1-4H3,(H,30,36). The number of ether oxygens (including phenoxy) is 1. The molecule has 1 aliphatic rings. The third-order valence-electron chi connectivity index (χ3n) is 7.08. The van der Waals surface area contributed by atoms with Crippen molar-refractivity contribution >= 4 is 22.6 Å². The number of rotatable bonds is 7. The van der Waals surface area contributed by atoms with E-state index in [0.29, 0.717) is 19.7 Å². The Morgan fingerprint density at radius 3 is 2.65 bits per heavy atom. The van der Waals surface area contributed by atoms with Crippen molar-refractivity contribution in [3.63, 3.8) is 0 Å². The Balaban J connectivity index is 1.37. The first-order chi connectivity index (χ1) is 18.0. The molecule has 0 aliphatic carbocycles. The molecule has 1 fully saturated rings. The number of aromatic nitrogens is 4. The maximum Gasteiger partial charge on any atom is 0.225 e. The Labute approximate surface area is 217 Å². The van der Waals surface area contributed by atoms with Crippen LogP contribution in [0.15, 0.2) is 48.5 Å². The second-order valence-corrected chi connectivity index (χ2v) is 9.71. The summed E-state index contributed by atoms with van der Waals surface area (Å²) < 4.78 is 7.67. The first-order valence-corrected chi connectivity index (χ1v) is 13.0. The van der Waals surface area contributed by atoms with Gasteiger partial charge in [-0.15, -0.1) is 5.10 Å². The number of nitrogens with one attached hydrogen (secondary N) is 1. The maximum absolute atomic E-state index is 13.2. The van der Waals surface area contributed by atoms with Gasteiger partial charge in [0.25, 0.3) is 0 Å². The molecule has 1 unspecified atom stereocenters. The fourth-order valence-electron chi connectivity index (χ4n) is 5.12. The van der Waals surface area contributed by atoms with Crippen LogP contribution in [0.4, 0.5) is 5.82 Å². The molecule has 2 aromatic heterocycles. The smallest absolute Gasteiger partial charge is 0.225 e. The molecule has 37 heavy (non-hydrogen) atoms. The number of piperidine rings is 1. The Morgan fingerprint density at radius 2 is 1.86 bits per heavy atom. The van der Waals surface area contributed by atoms with Gasteiger partial charge in [0.1, 0.15) is 11.3 Å². The van der Waals surface area contributed by atoms with E-state index in [9.17, 15) is 4.79 Å². The summed E-state index contributed by atoms with van der Waals surface area (Å²) in [5.41, 5.74) is 5.91. The molecule has 1 saturated heterocycles. The van der Waals surface area contributed by atoms with Gasteiger partial charge in [0, 0.05) is 25.2 Å². The van der Waals surface area contributed by atoms with Gasteiger partial charge >= 0.3 is 0 Å². The fourth-order valence-corrected chi connectivity index (χ4v) is 5.12. The van der Waals surface area contributed by atoms with Crippen molar-refractivity contribution in [1.29, 1.82) is 0 Å². The van der Waals surface area contributed by atoms with Crippen molar-refractivity contribution in [2.45, 2.75) is 47.1 Å². The first-order valence-electron chi connectivity index (χ1n) is 13.0. The Hall–Kier alpha value is -3.94. The van der Waals surface area contributed by atoms with E-state index in [4.69, 9.17) is 9.84 Å². The molecule has 0 saturated carbocycles. The predicted molar refractivity (Wildman–Crippen MR) is 145 cm³/mol. The number of carbonyl (C=O) groups is 1. The van der Waals surface area contributed by atoms with E-state index in [0.717, 1.165) is 64.5 Å². The highest BCUT2D eigenvalue weighted by Gasteiger charge is 2.29. The SMILES string of the molecule is CCOc1ccccc1CNC(=O)C1CCCN(c2nnc(C)c3c(C)n(-c4ccc(C)cc4)nc23)C1. The first kappa shape index (κ1) is 24.7. The van der Waals surface area contributed by atoms with E-state index < -0.39 is 0 Å². The number of anilines is 1. The van der Waals surface area contributed by atoms with Crippen LogP contribution in [0.25, 0.3) is 16.6 Å². The monoisotopic (exact) mass is 498 g/mol. The lowest BCUT2D eigenvalue weighted by Gasteiger charge is -2.32. The molecule has 1 N–H and O–H groups in total. The Bertz CT molecular complexity index is 1410. The van der Waals surface area contributed by atoms with Crippen molar-refractivity contribution in [2.24, 2.45) is 5.92 Å². The summed E-state index contributed by atoms with van der Waals surface area (Å²) in [4.78, 5) is 15.3. The third-order valence-corrected chi connectivity index (χ3v) is 7.08. The summed E-state index contributed by atoms with van der Waals surface area (Å²) in [6.07, 6.45) is 1.75. The van der Waals surface area contributed by atoms with Crippen molar-refractivity contribution in [1.82, 2.24) is 25.3 Å². The van der Waals surface area contributed by atoms with Crippen LogP contribution < -0.4 is 15.0 Å². The van der Waals surface area contributed by atoms with Crippen LogP contribution in [0.5, 0.6) is 5.75 Å². The summed E-state index contributed by atoms with van der Waals surface area (Å²) in [5.74, 6) is 1.47. The molecule has 1 aliphatic heterocycles. The summed E-state index contributed by atoms with van der Waals surface area (Å²) >= 11 is 0. The lowest BCUT2D eigenvalue weighted by molar-refractivity contribution is -0.125. The van der Waals surface area contributed by atoms with Crippen LogP contribution in [0.3, 0.4) is 0 Å². The molecular formula is C29H34N6O2. The number of para-hydroxylation sites is 1. The summed E-state index contributed by atoms with van der Waals surface area (Å²) in [6.45, 7) is 10.5. The molecule has 4 aromatic rings. The number of benzene rings is 2. The number of amides is 1. The summed E-state index contributed by atoms with van der Waals surface area (Å²) in [7, 11) is 0. The molecule has 0 bridgehead atoms. The van der Waals surface area contributed by atoms with Gasteiger partial charge in [0.15, 0.2) is 5.82 Å². The minimum Gasteiger partial charge on any atom is -0.494 e. The molecule has 8 heteroatoms. The van der Waals surface area contributed by atoms with Crippen molar-refractivity contribution in [3.05, 3.63) is 71.0 Å². The zero-order chi connectivity index (χ0) is 25.9. The van der Waals surface area contributed by atoms with Gasteiger partial charge in [-0.05, 0) is 58.7 Å². The average molecular weight is 499 g/mol. The largest absolute Gasteiger partial charge is 0.494 e. The zero-order valence-corrected chi connectivity index (χ0v) is 22.0. The minimum atomic E-state index is -0.133. The predicted octanol–water partition coefficient (Wildman–Crippen LogP) is 4.67. The highest BCUT2D eigenvalue weighted by Crippen LogP contribution is 2.31. The normalized spacial score (nSPS) is 15.7.